The first-order valence-corrected chi connectivity index (χ1v) is 7.83. The Morgan fingerprint density at radius 3 is 2.17 bits per heavy atom. The molecule has 0 aromatic heterocycles. The van der Waals surface area contributed by atoms with Gasteiger partial charge >= 0.3 is 6.09 Å². The zero-order valence-electron chi connectivity index (χ0n) is 14.6. The predicted molar refractivity (Wildman–Crippen MR) is 88.5 cm³/mol. The summed E-state index contributed by atoms with van der Waals surface area (Å²) in [4.78, 5) is 27.4. The van der Waals surface area contributed by atoms with Crippen molar-refractivity contribution in [3.63, 3.8) is 0 Å². The van der Waals surface area contributed by atoms with Gasteiger partial charge in [0.25, 0.3) is 0 Å². The van der Waals surface area contributed by atoms with E-state index in [0.717, 1.165) is 16.9 Å². The van der Waals surface area contributed by atoms with E-state index in [1.54, 1.807) is 24.0 Å². The number of carbonyl (C=O) groups excluding carboxylic acids is 2. The fourth-order valence-electron chi connectivity index (χ4n) is 2.92. The molecule has 24 heavy (non-hydrogen) atoms. The predicted octanol–water partition coefficient (Wildman–Crippen LogP) is 1.47. The molecule has 1 aliphatic heterocycles. The molecule has 2 rings (SSSR count). The summed E-state index contributed by atoms with van der Waals surface area (Å²) in [6, 6.07) is 3.70. The first-order chi connectivity index (χ1) is 11.5. The Morgan fingerprint density at radius 2 is 1.62 bits per heavy atom. The highest BCUT2D eigenvalue weighted by atomic mass is 16.5. The highest BCUT2D eigenvalue weighted by Crippen LogP contribution is 2.31. The van der Waals surface area contributed by atoms with Crippen LogP contribution in [0, 0.1) is 6.92 Å². The summed E-state index contributed by atoms with van der Waals surface area (Å²) in [5, 5.41) is 0. The standard InChI is InChI=1S/C17H24N2O5/c1-12-14(22-2)6-5-13(16(12)23-3)11-15(20)18-7-9-19(10-8-18)17(21)24-4/h5-6H,7-11H2,1-4H3. The molecule has 0 unspecified atom stereocenters. The normalized spacial score (nSPS) is 14.3. The zero-order valence-corrected chi connectivity index (χ0v) is 14.6. The van der Waals surface area contributed by atoms with Gasteiger partial charge in [-0.05, 0) is 13.0 Å². The number of amides is 2. The summed E-state index contributed by atoms with van der Waals surface area (Å²) < 4.78 is 15.4. The Bertz CT molecular complexity index is 609. The first-order valence-electron chi connectivity index (χ1n) is 7.83. The van der Waals surface area contributed by atoms with E-state index >= 15 is 0 Å². The maximum Gasteiger partial charge on any atom is 0.409 e. The molecule has 7 heteroatoms. The molecule has 2 amide bonds. The van der Waals surface area contributed by atoms with Gasteiger partial charge in [0.1, 0.15) is 11.5 Å². The van der Waals surface area contributed by atoms with Crippen LogP contribution in [-0.4, -0.2) is 69.3 Å². The second kappa shape index (κ2) is 7.90. The van der Waals surface area contributed by atoms with Crippen molar-refractivity contribution < 1.29 is 23.8 Å². The van der Waals surface area contributed by atoms with E-state index in [1.807, 2.05) is 19.1 Å². The van der Waals surface area contributed by atoms with Gasteiger partial charge in [0.05, 0.1) is 27.8 Å². The van der Waals surface area contributed by atoms with Crippen LogP contribution in [-0.2, 0) is 16.0 Å². The number of piperazine rings is 1. The molecule has 0 saturated carbocycles. The number of nitrogens with zero attached hydrogens (tertiary/aromatic N) is 2. The fourth-order valence-corrected chi connectivity index (χ4v) is 2.92. The van der Waals surface area contributed by atoms with Gasteiger partial charge in [0, 0.05) is 37.3 Å². The zero-order chi connectivity index (χ0) is 17.7. The van der Waals surface area contributed by atoms with Gasteiger partial charge in [-0.15, -0.1) is 0 Å². The molecule has 1 aliphatic rings. The molecule has 132 valence electrons. The fraction of sp³-hybridized carbons (Fsp3) is 0.529. The lowest BCUT2D eigenvalue weighted by Crippen LogP contribution is -2.50. The summed E-state index contributed by atoms with van der Waals surface area (Å²) in [6.45, 7) is 3.88. The van der Waals surface area contributed by atoms with E-state index in [9.17, 15) is 9.59 Å². The van der Waals surface area contributed by atoms with Crippen LogP contribution in [0.3, 0.4) is 0 Å². The van der Waals surface area contributed by atoms with Crippen LogP contribution < -0.4 is 9.47 Å². The van der Waals surface area contributed by atoms with Crippen LogP contribution in [0.4, 0.5) is 4.79 Å². The van der Waals surface area contributed by atoms with E-state index in [0.29, 0.717) is 31.9 Å². The molecule has 0 radical (unpaired) electrons. The third-order valence-electron chi connectivity index (χ3n) is 4.27. The van der Waals surface area contributed by atoms with Crippen LogP contribution in [0.15, 0.2) is 12.1 Å². The SMILES string of the molecule is COC(=O)N1CCN(C(=O)Cc2ccc(OC)c(C)c2OC)CC1. The lowest BCUT2D eigenvalue weighted by molar-refractivity contribution is -0.132. The lowest BCUT2D eigenvalue weighted by Gasteiger charge is -2.34. The quantitative estimate of drug-likeness (QED) is 0.833. The lowest BCUT2D eigenvalue weighted by atomic mass is 10.0. The molecule has 0 bridgehead atoms. The molecule has 0 N–H and O–H groups in total. The number of methoxy groups -OCH3 is 3. The largest absolute Gasteiger partial charge is 0.496 e. The number of benzene rings is 1. The van der Waals surface area contributed by atoms with Gasteiger partial charge in [-0.2, -0.15) is 0 Å². The highest BCUT2D eigenvalue weighted by molar-refractivity contribution is 5.80. The van der Waals surface area contributed by atoms with Crippen LogP contribution in [0.1, 0.15) is 11.1 Å². The van der Waals surface area contributed by atoms with Crippen molar-refractivity contribution in [3.05, 3.63) is 23.3 Å². The van der Waals surface area contributed by atoms with Crippen LogP contribution in [0.2, 0.25) is 0 Å². The van der Waals surface area contributed by atoms with Crippen LogP contribution in [0.5, 0.6) is 11.5 Å². The minimum Gasteiger partial charge on any atom is -0.496 e. The number of hydrogen-bond acceptors (Lipinski definition) is 5. The Labute approximate surface area is 142 Å². The third kappa shape index (κ3) is 3.72. The van der Waals surface area contributed by atoms with Gasteiger partial charge in [-0.1, -0.05) is 6.07 Å². The third-order valence-corrected chi connectivity index (χ3v) is 4.27. The van der Waals surface area contributed by atoms with E-state index in [1.165, 1.54) is 7.11 Å². The molecule has 1 saturated heterocycles. The minimum atomic E-state index is -0.352. The molecule has 0 spiro atoms. The molecule has 1 aromatic rings. The Morgan fingerprint density at radius 1 is 1.00 bits per heavy atom. The van der Waals surface area contributed by atoms with Gasteiger partial charge in [0.2, 0.25) is 5.91 Å². The van der Waals surface area contributed by atoms with Gasteiger partial charge < -0.3 is 24.0 Å². The average molecular weight is 336 g/mol. The summed E-state index contributed by atoms with van der Waals surface area (Å²) >= 11 is 0. The topological polar surface area (TPSA) is 68.3 Å². The van der Waals surface area contributed by atoms with Crippen molar-refractivity contribution in [2.45, 2.75) is 13.3 Å². The van der Waals surface area contributed by atoms with Crippen molar-refractivity contribution in [1.82, 2.24) is 9.80 Å². The van der Waals surface area contributed by atoms with Gasteiger partial charge in [-0.3, -0.25) is 4.79 Å². The Balaban J connectivity index is 2.03. The van der Waals surface area contributed by atoms with E-state index in [2.05, 4.69) is 0 Å². The highest BCUT2D eigenvalue weighted by Gasteiger charge is 2.25. The molecule has 0 atom stereocenters. The summed E-state index contributed by atoms with van der Waals surface area (Å²) in [5.74, 6) is 1.42. The Kier molecular flexibility index (Phi) is 5.89. The first kappa shape index (κ1) is 17.9. The second-order valence-corrected chi connectivity index (χ2v) is 5.60. The smallest absolute Gasteiger partial charge is 0.409 e. The molecule has 1 aromatic carbocycles. The van der Waals surface area contributed by atoms with E-state index in [4.69, 9.17) is 14.2 Å². The maximum absolute atomic E-state index is 12.6. The van der Waals surface area contributed by atoms with E-state index < -0.39 is 0 Å². The van der Waals surface area contributed by atoms with E-state index in [-0.39, 0.29) is 18.4 Å². The van der Waals surface area contributed by atoms with Gasteiger partial charge in [-0.25, -0.2) is 4.79 Å². The van der Waals surface area contributed by atoms with Crippen molar-refractivity contribution >= 4 is 12.0 Å². The number of carbonyl (C=O) groups is 2. The molecule has 1 heterocycles. The summed E-state index contributed by atoms with van der Waals surface area (Å²) in [7, 11) is 4.55. The second-order valence-electron chi connectivity index (χ2n) is 5.60. The minimum absolute atomic E-state index is 0.0161. The van der Waals surface area contributed by atoms with Crippen LogP contribution >= 0.6 is 0 Å². The molecule has 7 nitrogen and oxygen atoms in total. The van der Waals surface area contributed by atoms with Crippen molar-refractivity contribution in [2.24, 2.45) is 0 Å². The number of ether oxygens (including phenoxy) is 3. The number of rotatable bonds is 4. The number of hydrogen-bond donors (Lipinski definition) is 0. The molecule has 0 aliphatic carbocycles. The molecular formula is C17H24N2O5. The van der Waals surface area contributed by atoms with Crippen molar-refractivity contribution in [1.29, 1.82) is 0 Å². The van der Waals surface area contributed by atoms with Crippen molar-refractivity contribution in [3.8, 4) is 11.5 Å². The maximum atomic E-state index is 12.6. The summed E-state index contributed by atoms with van der Waals surface area (Å²) in [6.07, 6.45) is -0.0961. The molecule has 1 fully saturated rings. The monoisotopic (exact) mass is 336 g/mol. The van der Waals surface area contributed by atoms with Crippen molar-refractivity contribution in [2.75, 3.05) is 47.5 Å². The van der Waals surface area contributed by atoms with Crippen LogP contribution in [0.25, 0.3) is 0 Å². The Hall–Kier alpha value is -2.44. The average Bonchev–Trinajstić information content (AvgIpc) is 2.61. The van der Waals surface area contributed by atoms with Gasteiger partial charge in [0.15, 0.2) is 0 Å². The molecular weight excluding hydrogens is 312 g/mol. The summed E-state index contributed by atoms with van der Waals surface area (Å²) in [5.41, 5.74) is 1.71.